The van der Waals surface area contributed by atoms with Gasteiger partial charge < -0.3 is 25.8 Å². The number of benzene rings is 1. The molecule has 2 aliphatic rings. The first-order chi connectivity index (χ1) is 18.0. The highest BCUT2D eigenvalue weighted by atomic mass is 35.5. The number of carbonyl (C=O) groups is 4. The molecule has 0 radical (unpaired) electrons. The van der Waals surface area contributed by atoms with Gasteiger partial charge in [-0.2, -0.15) is 0 Å². The highest BCUT2D eigenvalue weighted by Crippen LogP contribution is 2.28. The predicted molar refractivity (Wildman–Crippen MR) is 141 cm³/mol. The van der Waals surface area contributed by atoms with Crippen molar-refractivity contribution in [2.45, 2.75) is 44.3 Å². The molecule has 13 heteroatoms. The molecule has 4 rings (SSSR count). The molecule has 38 heavy (non-hydrogen) atoms. The van der Waals surface area contributed by atoms with E-state index in [4.69, 9.17) is 11.6 Å². The summed E-state index contributed by atoms with van der Waals surface area (Å²) in [5.74, 6) is -3.44. The van der Waals surface area contributed by atoms with Crippen molar-refractivity contribution in [2.75, 3.05) is 33.0 Å². The Bertz CT molecular complexity index is 1250. The van der Waals surface area contributed by atoms with Gasteiger partial charge in [-0.3, -0.25) is 19.2 Å². The summed E-state index contributed by atoms with van der Waals surface area (Å²) >= 11 is 7.01. The number of nitrogens with zero attached hydrogens (tertiary/aromatic N) is 3. The molecular weight excluding hydrogens is 535 g/mol. The summed E-state index contributed by atoms with van der Waals surface area (Å²) in [6.45, 7) is 1.60. The summed E-state index contributed by atoms with van der Waals surface area (Å²) in [7, 11) is 5.36. The van der Waals surface area contributed by atoms with Crippen LogP contribution in [0.3, 0.4) is 0 Å². The molecule has 3 unspecified atom stereocenters. The van der Waals surface area contributed by atoms with Crippen molar-refractivity contribution >= 4 is 52.3 Å². The van der Waals surface area contributed by atoms with E-state index in [2.05, 4.69) is 25.8 Å². The van der Waals surface area contributed by atoms with Crippen LogP contribution in [-0.4, -0.2) is 78.2 Å². The Morgan fingerprint density at radius 1 is 1.13 bits per heavy atom. The van der Waals surface area contributed by atoms with E-state index in [1.165, 1.54) is 28.4 Å². The SMILES string of the molecule is CN1CCc2nc(C(=O)NC3CC(C(=O)N(C)C)CCC3NC(=O)C(=O)Nc3ccc(Cl)c(F)c3)sc2C1. The summed E-state index contributed by atoms with van der Waals surface area (Å²) in [4.78, 5) is 60.3. The molecule has 1 fully saturated rings. The topological polar surface area (TPSA) is 124 Å². The summed E-state index contributed by atoms with van der Waals surface area (Å²) < 4.78 is 13.7. The lowest BCUT2D eigenvalue weighted by Crippen LogP contribution is -2.57. The van der Waals surface area contributed by atoms with Crippen molar-refractivity contribution in [2.24, 2.45) is 5.92 Å². The Balaban J connectivity index is 1.46. The first-order valence-electron chi connectivity index (χ1n) is 12.3. The summed E-state index contributed by atoms with van der Waals surface area (Å²) in [6.07, 6.45) is 1.93. The average molecular weight is 565 g/mol. The Labute approximate surface area is 228 Å². The lowest BCUT2D eigenvalue weighted by Gasteiger charge is -2.37. The van der Waals surface area contributed by atoms with Crippen LogP contribution in [0.4, 0.5) is 10.1 Å². The molecule has 10 nitrogen and oxygen atoms in total. The molecule has 1 aliphatic heterocycles. The Hall–Kier alpha value is -3.09. The maximum atomic E-state index is 13.7. The average Bonchev–Trinajstić information content (AvgIpc) is 3.30. The van der Waals surface area contributed by atoms with Crippen LogP contribution in [0.5, 0.6) is 0 Å². The molecule has 3 N–H and O–H groups in total. The summed E-state index contributed by atoms with van der Waals surface area (Å²) in [5, 5.41) is 8.20. The van der Waals surface area contributed by atoms with Gasteiger partial charge in [0.25, 0.3) is 5.91 Å². The molecule has 0 saturated heterocycles. The molecule has 1 saturated carbocycles. The van der Waals surface area contributed by atoms with Gasteiger partial charge in [0.15, 0.2) is 5.01 Å². The lowest BCUT2D eigenvalue weighted by atomic mass is 9.81. The van der Waals surface area contributed by atoms with Crippen LogP contribution >= 0.6 is 22.9 Å². The fraction of sp³-hybridized carbons (Fsp3) is 0.480. The Kier molecular flexibility index (Phi) is 8.64. The minimum Gasteiger partial charge on any atom is -0.349 e. The minimum absolute atomic E-state index is 0.0655. The highest BCUT2D eigenvalue weighted by molar-refractivity contribution is 7.13. The van der Waals surface area contributed by atoms with Gasteiger partial charge in [-0.25, -0.2) is 9.37 Å². The van der Waals surface area contributed by atoms with E-state index in [-0.39, 0.29) is 28.4 Å². The van der Waals surface area contributed by atoms with Crippen LogP contribution in [0.2, 0.25) is 5.02 Å². The van der Waals surface area contributed by atoms with Crippen molar-refractivity contribution < 1.29 is 23.6 Å². The number of carbonyl (C=O) groups excluding carboxylic acids is 4. The van der Waals surface area contributed by atoms with Crippen LogP contribution in [-0.2, 0) is 27.3 Å². The third-order valence-electron chi connectivity index (χ3n) is 6.77. The van der Waals surface area contributed by atoms with Crippen molar-refractivity contribution in [3.05, 3.63) is 44.6 Å². The van der Waals surface area contributed by atoms with Crippen LogP contribution in [0, 0.1) is 11.7 Å². The molecular formula is C25H30ClFN6O4S. The predicted octanol–water partition coefficient (Wildman–Crippen LogP) is 2.03. The number of anilines is 1. The van der Waals surface area contributed by atoms with Gasteiger partial charge in [0.1, 0.15) is 5.82 Å². The number of hydrogen-bond acceptors (Lipinski definition) is 7. The summed E-state index contributed by atoms with van der Waals surface area (Å²) in [6, 6.07) is 2.47. The molecule has 1 aromatic heterocycles. The van der Waals surface area contributed by atoms with E-state index in [0.29, 0.717) is 24.3 Å². The molecule has 3 atom stereocenters. The van der Waals surface area contributed by atoms with Crippen LogP contribution in [0.1, 0.15) is 39.6 Å². The van der Waals surface area contributed by atoms with Crippen molar-refractivity contribution in [1.82, 2.24) is 25.4 Å². The van der Waals surface area contributed by atoms with E-state index >= 15 is 0 Å². The second-order valence-electron chi connectivity index (χ2n) is 9.86. The van der Waals surface area contributed by atoms with Gasteiger partial charge in [-0.15, -0.1) is 11.3 Å². The summed E-state index contributed by atoms with van der Waals surface area (Å²) in [5.41, 5.74) is 0.998. The monoisotopic (exact) mass is 564 g/mol. The third kappa shape index (κ3) is 6.48. The molecule has 4 amide bonds. The van der Waals surface area contributed by atoms with Crippen molar-refractivity contribution in [3.8, 4) is 0 Å². The fourth-order valence-corrected chi connectivity index (χ4v) is 5.95. The third-order valence-corrected chi connectivity index (χ3v) is 8.16. The van der Waals surface area contributed by atoms with Crippen molar-refractivity contribution in [3.63, 3.8) is 0 Å². The smallest absolute Gasteiger partial charge is 0.313 e. The van der Waals surface area contributed by atoms with Gasteiger partial charge in [0.05, 0.1) is 16.8 Å². The minimum atomic E-state index is -0.986. The van der Waals surface area contributed by atoms with E-state index in [1.54, 1.807) is 14.1 Å². The normalized spacial score (nSPS) is 21.2. The van der Waals surface area contributed by atoms with Crippen molar-refractivity contribution in [1.29, 1.82) is 0 Å². The molecule has 1 aromatic carbocycles. The first kappa shape index (κ1) is 27.9. The van der Waals surface area contributed by atoms with Gasteiger partial charge >= 0.3 is 11.8 Å². The number of aromatic nitrogens is 1. The zero-order valence-electron chi connectivity index (χ0n) is 21.3. The number of halogens is 2. The number of thiazole rings is 1. The van der Waals surface area contributed by atoms with Gasteiger partial charge in [-0.1, -0.05) is 11.6 Å². The second kappa shape index (κ2) is 11.7. The number of amides is 4. The quantitative estimate of drug-likeness (QED) is 0.478. The number of fused-ring (bicyclic) bond motifs is 1. The molecule has 204 valence electrons. The Morgan fingerprint density at radius 2 is 1.89 bits per heavy atom. The van der Waals surface area contributed by atoms with Gasteiger partial charge in [0.2, 0.25) is 5.91 Å². The number of rotatable bonds is 5. The van der Waals surface area contributed by atoms with Gasteiger partial charge in [0, 0.05) is 56.1 Å². The largest absolute Gasteiger partial charge is 0.349 e. The van der Waals surface area contributed by atoms with Crippen LogP contribution < -0.4 is 16.0 Å². The standard InChI is InChI=1S/C25H30ClFN6O4S/c1-32(2)25(37)13-4-7-17(29-22(35)21(34)28-14-5-6-15(26)16(27)11-14)19(10-13)30-23(36)24-31-18-8-9-33(3)12-20(18)38-24/h5-6,11,13,17,19H,4,7-10,12H2,1-3H3,(H,28,34)(H,29,35)(H,30,36). The maximum Gasteiger partial charge on any atom is 0.313 e. The first-order valence-corrected chi connectivity index (χ1v) is 13.5. The molecule has 0 bridgehead atoms. The molecule has 1 aliphatic carbocycles. The van der Waals surface area contributed by atoms with Gasteiger partial charge in [-0.05, 0) is 44.5 Å². The van der Waals surface area contributed by atoms with E-state index < -0.39 is 29.7 Å². The zero-order chi connectivity index (χ0) is 27.6. The maximum absolute atomic E-state index is 13.7. The zero-order valence-corrected chi connectivity index (χ0v) is 22.9. The fourth-order valence-electron chi connectivity index (χ4n) is 4.74. The van der Waals surface area contributed by atoms with E-state index in [9.17, 15) is 23.6 Å². The molecule has 2 aromatic rings. The van der Waals surface area contributed by atoms with Crippen LogP contribution in [0.15, 0.2) is 18.2 Å². The van der Waals surface area contributed by atoms with E-state index in [0.717, 1.165) is 36.1 Å². The second-order valence-corrected chi connectivity index (χ2v) is 11.4. The molecule has 2 heterocycles. The van der Waals surface area contributed by atoms with E-state index in [1.807, 2.05) is 7.05 Å². The number of hydrogen-bond donors (Lipinski definition) is 3. The van der Waals surface area contributed by atoms with Crippen LogP contribution in [0.25, 0.3) is 0 Å². The lowest BCUT2D eigenvalue weighted by molar-refractivity contribution is -0.137. The number of likely N-dealkylation sites (N-methyl/N-ethyl adjacent to an activating group) is 1. The number of nitrogens with one attached hydrogen (secondary N) is 3. The Morgan fingerprint density at radius 3 is 2.61 bits per heavy atom. The highest BCUT2D eigenvalue weighted by Gasteiger charge is 2.37. The molecule has 0 spiro atoms.